The summed E-state index contributed by atoms with van der Waals surface area (Å²) < 4.78 is 4.75. The van der Waals surface area contributed by atoms with Crippen LogP contribution < -0.4 is 5.32 Å². The van der Waals surface area contributed by atoms with Gasteiger partial charge in [-0.3, -0.25) is 4.79 Å². The monoisotopic (exact) mass is 330 g/mol. The minimum Gasteiger partial charge on any atom is -0.467 e. The molecule has 5 heteroatoms. The number of hydrogen-bond donors (Lipinski definition) is 1. The lowest BCUT2D eigenvalue weighted by atomic mass is 9.86. The molecular formula is C19H26N2O3. The van der Waals surface area contributed by atoms with Crippen LogP contribution in [0.15, 0.2) is 24.3 Å². The standard InChI is InChI=1S/C19H26N2O3/c1-19(2,3)15-11-9-14(10-12-15)17(22)21-16(18(23)24-4)8-6-5-7-13-20/h9-12,16H,5-8H2,1-4H3,(H,21,22)/t16-/m0/s1. The zero-order chi connectivity index (χ0) is 18.2. The highest BCUT2D eigenvalue weighted by Gasteiger charge is 2.22. The minimum atomic E-state index is -0.691. The Hall–Kier alpha value is -2.35. The van der Waals surface area contributed by atoms with Crippen LogP contribution in [0, 0.1) is 11.3 Å². The third-order valence-electron chi connectivity index (χ3n) is 3.84. The Labute approximate surface area is 144 Å². The number of carbonyl (C=O) groups is 2. The summed E-state index contributed by atoms with van der Waals surface area (Å²) in [5, 5.41) is 11.3. The Morgan fingerprint density at radius 3 is 2.33 bits per heavy atom. The second-order valence-corrected chi connectivity index (χ2v) is 6.78. The van der Waals surface area contributed by atoms with E-state index in [4.69, 9.17) is 10.00 Å². The van der Waals surface area contributed by atoms with Crippen molar-refractivity contribution in [1.29, 1.82) is 5.26 Å². The minimum absolute atomic E-state index is 0.0182. The van der Waals surface area contributed by atoms with Gasteiger partial charge in [0, 0.05) is 12.0 Å². The first-order valence-corrected chi connectivity index (χ1v) is 8.15. The first-order chi connectivity index (χ1) is 11.3. The predicted molar refractivity (Wildman–Crippen MR) is 92.5 cm³/mol. The molecule has 0 spiro atoms. The van der Waals surface area contributed by atoms with E-state index in [0.29, 0.717) is 31.2 Å². The van der Waals surface area contributed by atoms with Crippen LogP contribution in [0.1, 0.15) is 62.4 Å². The molecule has 0 aliphatic rings. The highest BCUT2D eigenvalue weighted by molar-refractivity contribution is 5.96. The molecule has 0 saturated heterocycles. The molecule has 0 radical (unpaired) electrons. The fourth-order valence-corrected chi connectivity index (χ4v) is 2.31. The van der Waals surface area contributed by atoms with E-state index in [0.717, 1.165) is 5.56 Å². The molecule has 5 nitrogen and oxygen atoms in total. The van der Waals surface area contributed by atoms with Gasteiger partial charge in [0.1, 0.15) is 6.04 Å². The number of hydrogen-bond acceptors (Lipinski definition) is 4. The molecule has 0 bridgehead atoms. The molecular weight excluding hydrogens is 304 g/mol. The van der Waals surface area contributed by atoms with Crippen LogP contribution in [0.25, 0.3) is 0 Å². The van der Waals surface area contributed by atoms with Gasteiger partial charge < -0.3 is 10.1 Å². The van der Waals surface area contributed by atoms with Gasteiger partial charge in [-0.05, 0) is 42.4 Å². The smallest absolute Gasteiger partial charge is 0.328 e. The first kappa shape index (κ1) is 19.7. The van der Waals surface area contributed by atoms with Gasteiger partial charge in [0.25, 0.3) is 5.91 Å². The second-order valence-electron chi connectivity index (χ2n) is 6.78. The lowest BCUT2D eigenvalue weighted by Crippen LogP contribution is -2.41. The van der Waals surface area contributed by atoms with Crippen molar-refractivity contribution in [2.75, 3.05) is 7.11 Å². The number of rotatable bonds is 7. The van der Waals surface area contributed by atoms with Crippen LogP contribution in [-0.4, -0.2) is 25.0 Å². The normalized spacial score (nSPS) is 12.1. The third kappa shape index (κ3) is 6.04. The SMILES string of the molecule is COC(=O)[C@H](CCCCC#N)NC(=O)c1ccc(C(C)(C)C)cc1. The molecule has 1 rings (SSSR count). The molecule has 130 valence electrons. The Kier molecular flexibility index (Phi) is 7.44. The van der Waals surface area contributed by atoms with Crippen molar-refractivity contribution in [2.45, 2.75) is 57.9 Å². The van der Waals surface area contributed by atoms with Gasteiger partial charge in [0.15, 0.2) is 0 Å². The van der Waals surface area contributed by atoms with Crippen LogP contribution in [0.2, 0.25) is 0 Å². The number of methoxy groups -OCH3 is 1. The molecule has 0 heterocycles. The molecule has 0 fully saturated rings. The van der Waals surface area contributed by atoms with Crippen LogP contribution in [0.3, 0.4) is 0 Å². The molecule has 0 unspecified atom stereocenters. The predicted octanol–water partition coefficient (Wildman–Crippen LogP) is 3.34. The fraction of sp³-hybridized carbons (Fsp3) is 0.526. The van der Waals surface area contributed by atoms with Crippen molar-refractivity contribution in [3.8, 4) is 6.07 Å². The van der Waals surface area contributed by atoms with Gasteiger partial charge in [-0.2, -0.15) is 5.26 Å². The summed E-state index contributed by atoms with van der Waals surface area (Å²) in [5.41, 5.74) is 1.67. The Bertz CT molecular complexity index is 595. The van der Waals surface area contributed by atoms with Gasteiger partial charge in [-0.25, -0.2) is 4.79 Å². The van der Waals surface area contributed by atoms with Crippen molar-refractivity contribution in [3.05, 3.63) is 35.4 Å². The zero-order valence-electron chi connectivity index (χ0n) is 14.9. The maximum Gasteiger partial charge on any atom is 0.328 e. The van der Waals surface area contributed by atoms with Crippen molar-refractivity contribution < 1.29 is 14.3 Å². The van der Waals surface area contributed by atoms with Gasteiger partial charge in [-0.15, -0.1) is 0 Å². The van der Waals surface area contributed by atoms with Gasteiger partial charge >= 0.3 is 5.97 Å². The van der Waals surface area contributed by atoms with Crippen molar-refractivity contribution in [1.82, 2.24) is 5.32 Å². The number of nitrogens with zero attached hydrogens (tertiary/aromatic N) is 1. The van der Waals surface area contributed by atoms with Gasteiger partial charge in [0.05, 0.1) is 13.2 Å². The topological polar surface area (TPSA) is 79.2 Å². The Morgan fingerprint density at radius 2 is 1.83 bits per heavy atom. The Balaban J connectivity index is 2.73. The van der Waals surface area contributed by atoms with Crippen molar-refractivity contribution in [2.24, 2.45) is 0 Å². The number of ether oxygens (including phenoxy) is 1. The van der Waals surface area contributed by atoms with Crippen LogP contribution >= 0.6 is 0 Å². The van der Waals surface area contributed by atoms with E-state index in [1.165, 1.54) is 7.11 Å². The Morgan fingerprint density at radius 1 is 1.21 bits per heavy atom. The van der Waals surface area contributed by atoms with Crippen LogP contribution in [-0.2, 0) is 14.9 Å². The molecule has 1 aromatic rings. The molecule has 1 aromatic carbocycles. The summed E-state index contributed by atoms with van der Waals surface area (Å²) in [7, 11) is 1.30. The quantitative estimate of drug-likeness (QED) is 0.614. The average Bonchev–Trinajstić information content (AvgIpc) is 2.56. The summed E-state index contributed by atoms with van der Waals surface area (Å²) >= 11 is 0. The van der Waals surface area contributed by atoms with E-state index in [-0.39, 0.29) is 11.3 Å². The largest absolute Gasteiger partial charge is 0.467 e. The summed E-state index contributed by atoms with van der Waals surface area (Å²) in [5.74, 6) is -0.766. The van der Waals surface area contributed by atoms with Crippen LogP contribution in [0.5, 0.6) is 0 Å². The molecule has 1 N–H and O–H groups in total. The molecule has 1 amide bonds. The molecule has 0 aromatic heterocycles. The third-order valence-corrected chi connectivity index (χ3v) is 3.84. The number of amides is 1. The fourth-order valence-electron chi connectivity index (χ4n) is 2.31. The molecule has 0 aliphatic heterocycles. The number of nitriles is 1. The number of esters is 1. The highest BCUT2D eigenvalue weighted by Crippen LogP contribution is 2.22. The number of carbonyl (C=O) groups excluding carboxylic acids is 2. The average molecular weight is 330 g/mol. The maximum atomic E-state index is 12.4. The van der Waals surface area contributed by atoms with E-state index in [1.807, 2.05) is 12.1 Å². The number of nitrogens with one attached hydrogen (secondary N) is 1. The van der Waals surface area contributed by atoms with E-state index in [1.54, 1.807) is 12.1 Å². The van der Waals surface area contributed by atoms with Crippen molar-refractivity contribution >= 4 is 11.9 Å². The second kappa shape index (κ2) is 9.07. The summed E-state index contributed by atoms with van der Waals surface area (Å²) in [4.78, 5) is 24.2. The van der Waals surface area contributed by atoms with E-state index >= 15 is 0 Å². The molecule has 24 heavy (non-hydrogen) atoms. The molecule has 1 atom stereocenters. The lowest BCUT2D eigenvalue weighted by Gasteiger charge is -2.20. The van der Waals surface area contributed by atoms with Crippen molar-refractivity contribution in [3.63, 3.8) is 0 Å². The lowest BCUT2D eigenvalue weighted by molar-refractivity contribution is -0.143. The summed E-state index contributed by atoms with van der Waals surface area (Å²) in [6.07, 6.45) is 2.27. The van der Waals surface area contributed by atoms with Gasteiger partial charge in [-0.1, -0.05) is 32.9 Å². The van der Waals surface area contributed by atoms with Gasteiger partial charge in [0.2, 0.25) is 0 Å². The summed E-state index contributed by atoms with van der Waals surface area (Å²) in [6, 6.07) is 8.75. The van der Waals surface area contributed by atoms with E-state index < -0.39 is 12.0 Å². The first-order valence-electron chi connectivity index (χ1n) is 8.15. The number of unbranched alkanes of at least 4 members (excludes halogenated alkanes) is 2. The van der Waals surface area contributed by atoms with E-state index in [2.05, 4.69) is 32.2 Å². The molecule has 0 aliphatic carbocycles. The maximum absolute atomic E-state index is 12.4. The number of benzene rings is 1. The van der Waals surface area contributed by atoms with E-state index in [9.17, 15) is 9.59 Å². The highest BCUT2D eigenvalue weighted by atomic mass is 16.5. The molecule has 0 saturated carbocycles. The summed E-state index contributed by atoms with van der Waals surface area (Å²) in [6.45, 7) is 6.32. The zero-order valence-corrected chi connectivity index (χ0v) is 14.9. The van der Waals surface area contributed by atoms with Crippen LogP contribution in [0.4, 0.5) is 0 Å².